The van der Waals surface area contributed by atoms with Crippen LogP contribution in [0, 0.1) is 17.8 Å². The van der Waals surface area contributed by atoms with Gasteiger partial charge in [-0.2, -0.15) is 0 Å². The summed E-state index contributed by atoms with van der Waals surface area (Å²) in [6.45, 7) is 18.6. The molecule has 0 amide bonds. The van der Waals surface area contributed by atoms with E-state index in [1.807, 2.05) is 0 Å². The standard InChI is InChI=1S/C16H35NO/c1-13(2)10-15(12-17-11-14(3)4)8-9-18-16(5,6)7/h13-15,17H,8-12H2,1-7H3. The fourth-order valence-corrected chi connectivity index (χ4v) is 2.08. The molecule has 18 heavy (non-hydrogen) atoms. The van der Waals surface area contributed by atoms with Crippen LogP contribution >= 0.6 is 0 Å². The highest BCUT2D eigenvalue weighted by Crippen LogP contribution is 2.17. The van der Waals surface area contributed by atoms with Gasteiger partial charge in [0.2, 0.25) is 0 Å². The summed E-state index contributed by atoms with van der Waals surface area (Å²) >= 11 is 0. The molecule has 0 fully saturated rings. The van der Waals surface area contributed by atoms with Gasteiger partial charge in [0.1, 0.15) is 0 Å². The van der Waals surface area contributed by atoms with Gasteiger partial charge in [-0.25, -0.2) is 0 Å². The minimum atomic E-state index is -0.00621. The van der Waals surface area contributed by atoms with Crippen LogP contribution < -0.4 is 5.32 Å². The van der Waals surface area contributed by atoms with Crippen molar-refractivity contribution >= 4 is 0 Å². The van der Waals surface area contributed by atoms with Crippen molar-refractivity contribution in [3.63, 3.8) is 0 Å². The van der Waals surface area contributed by atoms with Gasteiger partial charge >= 0.3 is 0 Å². The third-order valence-corrected chi connectivity index (χ3v) is 2.85. The average molecular weight is 257 g/mol. The molecule has 0 aliphatic carbocycles. The fraction of sp³-hybridized carbons (Fsp3) is 1.00. The van der Waals surface area contributed by atoms with E-state index < -0.39 is 0 Å². The SMILES string of the molecule is CC(C)CNCC(CCOC(C)(C)C)CC(C)C. The molecule has 110 valence electrons. The molecule has 2 heteroatoms. The van der Waals surface area contributed by atoms with E-state index in [1.165, 1.54) is 12.8 Å². The second-order valence-corrected chi connectivity index (χ2v) is 7.30. The average Bonchev–Trinajstić information content (AvgIpc) is 2.13. The number of ether oxygens (including phenoxy) is 1. The van der Waals surface area contributed by atoms with Crippen molar-refractivity contribution in [2.24, 2.45) is 17.8 Å². The van der Waals surface area contributed by atoms with E-state index in [0.717, 1.165) is 37.5 Å². The van der Waals surface area contributed by atoms with Crippen molar-refractivity contribution in [1.82, 2.24) is 5.32 Å². The molecule has 0 aromatic rings. The molecule has 2 nitrogen and oxygen atoms in total. The van der Waals surface area contributed by atoms with Crippen molar-refractivity contribution in [1.29, 1.82) is 0 Å². The lowest BCUT2D eigenvalue weighted by Crippen LogP contribution is -2.29. The van der Waals surface area contributed by atoms with Gasteiger partial charge in [0.15, 0.2) is 0 Å². The van der Waals surface area contributed by atoms with Crippen LogP contribution in [-0.4, -0.2) is 25.3 Å². The molecule has 0 heterocycles. The zero-order valence-electron chi connectivity index (χ0n) is 13.7. The summed E-state index contributed by atoms with van der Waals surface area (Å²) in [5.41, 5.74) is -0.00621. The maximum Gasteiger partial charge on any atom is 0.0598 e. The zero-order valence-corrected chi connectivity index (χ0v) is 13.7. The van der Waals surface area contributed by atoms with Crippen molar-refractivity contribution < 1.29 is 4.74 Å². The van der Waals surface area contributed by atoms with Crippen LogP contribution in [0.5, 0.6) is 0 Å². The molecule has 0 rings (SSSR count). The number of hydrogen-bond donors (Lipinski definition) is 1. The Balaban J connectivity index is 3.91. The monoisotopic (exact) mass is 257 g/mol. The van der Waals surface area contributed by atoms with E-state index >= 15 is 0 Å². The minimum Gasteiger partial charge on any atom is -0.376 e. The van der Waals surface area contributed by atoms with Crippen molar-refractivity contribution in [3.05, 3.63) is 0 Å². The van der Waals surface area contributed by atoms with Crippen molar-refractivity contribution in [2.75, 3.05) is 19.7 Å². The van der Waals surface area contributed by atoms with E-state index in [2.05, 4.69) is 53.8 Å². The quantitative estimate of drug-likeness (QED) is 0.671. The Morgan fingerprint density at radius 2 is 1.56 bits per heavy atom. The first-order chi connectivity index (χ1) is 8.20. The second-order valence-electron chi connectivity index (χ2n) is 7.30. The van der Waals surface area contributed by atoms with E-state index in [1.54, 1.807) is 0 Å². The fourth-order valence-electron chi connectivity index (χ4n) is 2.08. The number of hydrogen-bond acceptors (Lipinski definition) is 2. The minimum absolute atomic E-state index is 0.00621. The largest absolute Gasteiger partial charge is 0.376 e. The Morgan fingerprint density at radius 3 is 2.00 bits per heavy atom. The van der Waals surface area contributed by atoms with Crippen molar-refractivity contribution in [3.8, 4) is 0 Å². The second kappa shape index (κ2) is 8.92. The predicted molar refractivity (Wildman–Crippen MR) is 81.0 cm³/mol. The molecule has 0 saturated carbocycles. The Bertz CT molecular complexity index is 194. The first-order valence-corrected chi connectivity index (χ1v) is 7.55. The van der Waals surface area contributed by atoms with Gasteiger partial charge in [-0.15, -0.1) is 0 Å². The van der Waals surface area contributed by atoms with E-state index in [9.17, 15) is 0 Å². The Morgan fingerprint density at radius 1 is 0.944 bits per heavy atom. The summed E-state index contributed by atoms with van der Waals surface area (Å²) < 4.78 is 5.84. The maximum absolute atomic E-state index is 5.84. The van der Waals surface area contributed by atoms with Crippen LogP contribution in [0.3, 0.4) is 0 Å². The van der Waals surface area contributed by atoms with Gasteiger partial charge in [-0.05, 0) is 64.5 Å². The molecular formula is C16H35NO. The Kier molecular flexibility index (Phi) is 8.89. The zero-order chi connectivity index (χ0) is 14.2. The van der Waals surface area contributed by atoms with Crippen LogP contribution in [0.4, 0.5) is 0 Å². The van der Waals surface area contributed by atoms with Gasteiger partial charge in [-0.1, -0.05) is 27.7 Å². The normalized spacial score (nSPS) is 14.5. The maximum atomic E-state index is 5.84. The number of rotatable bonds is 9. The molecule has 1 unspecified atom stereocenters. The Hall–Kier alpha value is -0.0800. The Labute approximate surface area is 115 Å². The lowest BCUT2D eigenvalue weighted by Gasteiger charge is -2.24. The van der Waals surface area contributed by atoms with Crippen LogP contribution in [0.15, 0.2) is 0 Å². The van der Waals surface area contributed by atoms with Gasteiger partial charge in [-0.3, -0.25) is 0 Å². The molecule has 0 radical (unpaired) electrons. The summed E-state index contributed by atoms with van der Waals surface area (Å²) in [6, 6.07) is 0. The molecule has 0 bridgehead atoms. The van der Waals surface area contributed by atoms with Crippen LogP contribution in [0.25, 0.3) is 0 Å². The third kappa shape index (κ3) is 12.4. The summed E-state index contributed by atoms with van der Waals surface area (Å²) in [4.78, 5) is 0. The van der Waals surface area contributed by atoms with Gasteiger partial charge < -0.3 is 10.1 Å². The van der Waals surface area contributed by atoms with E-state index in [4.69, 9.17) is 4.74 Å². The first kappa shape index (κ1) is 17.9. The first-order valence-electron chi connectivity index (χ1n) is 7.55. The lowest BCUT2D eigenvalue weighted by atomic mass is 9.94. The lowest BCUT2D eigenvalue weighted by molar-refractivity contribution is -0.0101. The summed E-state index contributed by atoms with van der Waals surface area (Å²) in [6.07, 6.45) is 2.46. The van der Waals surface area contributed by atoms with E-state index in [0.29, 0.717) is 0 Å². The molecule has 0 spiro atoms. The van der Waals surface area contributed by atoms with Crippen LogP contribution in [0.2, 0.25) is 0 Å². The van der Waals surface area contributed by atoms with Crippen LogP contribution in [-0.2, 0) is 4.74 Å². The van der Waals surface area contributed by atoms with E-state index in [-0.39, 0.29) is 5.60 Å². The van der Waals surface area contributed by atoms with Gasteiger partial charge in [0.05, 0.1) is 5.60 Å². The predicted octanol–water partition coefficient (Wildman–Crippen LogP) is 4.10. The number of nitrogens with one attached hydrogen (secondary N) is 1. The molecular weight excluding hydrogens is 222 g/mol. The summed E-state index contributed by atoms with van der Waals surface area (Å²) in [5.74, 6) is 2.24. The van der Waals surface area contributed by atoms with Gasteiger partial charge in [0, 0.05) is 6.61 Å². The molecule has 1 atom stereocenters. The van der Waals surface area contributed by atoms with Crippen molar-refractivity contribution in [2.45, 2.75) is 66.9 Å². The third-order valence-electron chi connectivity index (χ3n) is 2.85. The molecule has 0 aromatic heterocycles. The molecule has 1 N–H and O–H groups in total. The molecule has 0 aliphatic heterocycles. The highest BCUT2D eigenvalue weighted by atomic mass is 16.5. The molecule has 0 aromatic carbocycles. The van der Waals surface area contributed by atoms with Gasteiger partial charge in [0.25, 0.3) is 0 Å². The van der Waals surface area contributed by atoms with Crippen LogP contribution in [0.1, 0.15) is 61.3 Å². The topological polar surface area (TPSA) is 21.3 Å². The molecule has 0 saturated heterocycles. The molecule has 0 aliphatic rings. The summed E-state index contributed by atoms with van der Waals surface area (Å²) in [5, 5.41) is 3.58. The highest BCUT2D eigenvalue weighted by Gasteiger charge is 2.14. The smallest absolute Gasteiger partial charge is 0.0598 e. The highest BCUT2D eigenvalue weighted by molar-refractivity contribution is 4.67. The summed E-state index contributed by atoms with van der Waals surface area (Å²) in [7, 11) is 0.